The van der Waals surface area contributed by atoms with E-state index in [0.29, 0.717) is 12.1 Å². The van der Waals surface area contributed by atoms with Gasteiger partial charge in [-0.05, 0) is 23.8 Å². The average Bonchev–Trinajstić information content (AvgIpc) is 2.35. The normalized spacial score (nSPS) is 15.2. The Morgan fingerprint density at radius 1 is 1.28 bits per heavy atom. The lowest BCUT2D eigenvalue weighted by molar-refractivity contribution is -0.137. The number of aldehydes is 1. The number of alkyl halides is 4. The van der Waals surface area contributed by atoms with E-state index in [2.05, 4.69) is 0 Å². The molecule has 0 bridgehead atoms. The maximum absolute atomic E-state index is 12.5. The summed E-state index contributed by atoms with van der Waals surface area (Å²) in [5.41, 5.74) is -1.51. The number of benzene rings is 1. The van der Waals surface area contributed by atoms with Crippen LogP contribution >= 0.6 is 11.6 Å². The second-order valence-electron chi connectivity index (χ2n) is 3.67. The Kier molecular flexibility index (Phi) is 4.72. The van der Waals surface area contributed by atoms with E-state index in [9.17, 15) is 28.2 Å². The Bertz CT molecular complexity index is 434. The van der Waals surface area contributed by atoms with Gasteiger partial charge in [0.2, 0.25) is 0 Å². The summed E-state index contributed by atoms with van der Waals surface area (Å²) < 4.78 is 37.6. The molecule has 18 heavy (non-hydrogen) atoms. The van der Waals surface area contributed by atoms with Crippen LogP contribution in [0.25, 0.3) is 0 Å². The Morgan fingerprint density at radius 2 is 1.89 bits per heavy atom. The van der Waals surface area contributed by atoms with Gasteiger partial charge in [-0.15, -0.1) is 11.6 Å². The van der Waals surface area contributed by atoms with Crippen LogP contribution < -0.4 is 0 Å². The molecule has 0 amide bonds. The lowest BCUT2D eigenvalue weighted by Crippen LogP contribution is -2.20. The Morgan fingerprint density at radius 3 is 2.33 bits per heavy atom. The number of hydrogen-bond acceptors (Lipinski definition) is 3. The first kappa shape index (κ1) is 14.9. The van der Waals surface area contributed by atoms with Crippen molar-refractivity contribution in [1.29, 1.82) is 0 Å². The van der Waals surface area contributed by atoms with Gasteiger partial charge in [-0.2, -0.15) is 13.2 Å². The summed E-state index contributed by atoms with van der Waals surface area (Å²) in [6.07, 6.45) is -7.39. The summed E-state index contributed by atoms with van der Waals surface area (Å²) in [6.45, 7) is 0. The van der Waals surface area contributed by atoms with Crippen LogP contribution in [-0.2, 0) is 6.18 Å². The number of aliphatic hydroxyl groups excluding tert-OH is 2. The number of rotatable bonds is 4. The summed E-state index contributed by atoms with van der Waals surface area (Å²) >= 11 is 5.30. The van der Waals surface area contributed by atoms with Crippen molar-refractivity contribution in [1.82, 2.24) is 0 Å². The molecule has 0 fully saturated rings. The van der Waals surface area contributed by atoms with Crippen molar-refractivity contribution in [3.8, 4) is 0 Å². The molecule has 2 N–H and O–H groups in total. The van der Waals surface area contributed by atoms with E-state index < -0.39 is 23.9 Å². The van der Waals surface area contributed by atoms with Crippen molar-refractivity contribution in [3.63, 3.8) is 0 Å². The molecule has 0 saturated heterocycles. The molecule has 1 aromatic rings. The van der Waals surface area contributed by atoms with Gasteiger partial charge in [0.1, 0.15) is 12.4 Å². The molecule has 0 aliphatic carbocycles. The second-order valence-corrected chi connectivity index (χ2v) is 3.98. The molecule has 3 nitrogen and oxygen atoms in total. The molecule has 1 rings (SSSR count). The molecule has 2 unspecified atom stereocenters. The smallest absolute Gasteiger partial charge is 0.389 e. The highest BCUT2D eigenvalue weighted by Crippen LogP contribution is 2.32. The lowest BCUT2D eigenvalue weighted by Gasteiger charge is -2.18. The summed E-state index contributed by atoms with van der Waals surface area (Å²) in [7, 11) is 0. The number of hydrogen-bond donors (Lipinski definition) is 2. The van der Waals surface area contributed by atoms with Crippen LogP contribution in [0.1, 0.15) is 27.6 Å². The highest BCUT2D eigenvalue weighted by molar-refractivity contribution is 6.18. The highest BCUT2D eigenvalue weighted by atomic mass is 35.5. The molecule has 0 radical (unpaired) electrons. The molecule has 0 aliphatic rings. The van der Waals surface area contributed by atoms with Crippen molar-refractivity contribution in [3.05, 3.63) is 34.9 Å². The first-order valence-corrected chi connectivity index (χ1v) is 5.42. The molecular formula is C11H10ClF3O3. The predicted molar refractivity (Wildman–Crippen MR) is 58.5 cm³/mol. The van der Waals surface area contributed by atoms with E-state index in [-0.39, 0.29) is 23.3 Å². The number of carbonyl (C=O) groups excluding carboxylic acids is 1. The Labute approximate surface area is 106 Å². The average molecular weight is 283 g/mol. The van der Waals surface area contributed by atoms with Crippen LogP contribution in [0.4, 0.5) is 13.2 Å². The quantitative estimate of drug-likeness (QED) is 0.657. The predicted octanol–water partition coefficient (Wildman–Crippen LogP) is 2.15. The van der Waals surface area contributed by atoms with Crippen LogP contribution in [0.3, 0.4) is 0 Å². The van der Waals surface area contributed by atoms with Gasteiger partial charge < -0.3 is 10.2 Å². The van der Waals surface area contributed by atoms with Crippen LogP contribution in [0.15, 0.2) is 18.2 Å². The third-order valence-corrected chi connectivity index (χ3v) is 2.62. The molecule has 100 valence electrons. The standard InChI is InChI=1S/C11H10ClF3O3/c12-4-9(17)10(18)7-1-6(5-16)2-8(3-7)11(13,14)15/h1-3,5,9-10,17-18H,4H2. The Balaban J connectivity index is 3.24. The van der Waals surface area contributed by atoms with Crippen molar-refractivity contribution >= 4 is 17.9 Å². The summed E-state index contributed by atoms with van der Waals surface area (Å²) in [5, 5.41) is 18.9. The van der Waals surface area contributed by atoms with Gasteiger partial charge in [0.25, 0.3) is 0 Å². The van der Waals surface area contributed by atoms with Gasteiger partial charge in [-0.1, -0.05) is 0 Å². The first-order valence-electron chi connectivity index (χ1n) is 4.89. The largest absolute Gasteiger partial charge is 0.416 e. The summed E-state index contributed by atoms with van der Waals surface area (Å²) in [5.74, 6) is -0.339. The summed E-state index contributed by atoms with van der Waals surface area (Å²) in [4.78, 5) is 10.6. The maximum atomic E-state index is 12.5. The van der Waals surface area contributed by atoms with Crippen LogP contribution in [0.2, 0.25) is 0 Å². The maximum Gasteiger partial charge on any atom is 0.416 e. The molecule has 0 saturated carbocycles. The molecular weight excluding hydrogens is 273 g/mol. The summed E-state index contributed by atoms with van der Waals surface area (Å²) in [6, 6.07) is 2.41. The van der Waals surface area contributed by atoms with E-state index >= 15 is 0 Å². The van der Waals surface area contributed by atoms with Crippen LogP contribution in [-0.4, -0.2) is 28.5 Å². The minimum absolute atomic E-state index is 0.208. The zero-order valence-corrected chi connectivity index (χ0v) is 9.74. The molecule has 0 aliphatic heterocycles. The molecule has 1 aromatic carbocycles. The first-order chi connectivity index (χ1) is 8.29. The van der Waals surface area contributed by atoms with E-state index in [1.807, 2.05) is 0 Å². The topological polar surface area (TPSA) is 57.5 Å². The molecule has 0 heterocycles. The third kappa shape index (κ3) is 3.44. The second kappa shape index (κ2) is 5.69. The number of carbonyl (C=O) groups is 1. The van der Waals surface area contributed by atoms with Crippen LogP contribution in [0.5, 0.6) is 0 Å². The monoisotopic (exact) mass is 282 g/mol. The molecule has 0 spiro atoms. The van der Waals surface area contributed by atoms with E-state index in [1.165, 1.54) is 0 Å². The van der Waals surface area contributed by atoms with Gasteiger partial charge in [0, 0.05) is 5.56 Å². The zero-order chi connectivity index (χ0) is 13.9. The zero-order valence-electron chi connectivity index (χ0n) is 8.99. The Hall–Kier alpha value is -1.11. The number of halogens is 4. The minimum atomic E-state index is -4.64. The minimum Gasteiger partial charge on any atom is -0.389 e. The fourth-order valence-electron chi connectivity index (χ4n) is 1.39. The fourth-order valence-corrected chi connectivity index (χ4v) is 1.55. The van der Waals surface area contributed by atoms with Crippen LogP contribution in [0, 0.1) is 0 Å². The van der Waals surface area contributed by atoms with Gasteiger partial charge in [0.05, 0.1) is 17.5 Å². The molecule has 7 heteroatoms. The fraction of sp³-hybridized carbons (Fsp3) is 0.364. The van der Waals surface area contributed by atoms with Gasteiger partial charge in [0.15, 0.2) is 0 Å². The van der Waals surface area contributed by atoms with Crippen molar-refractivity contribution in [2.75, 3.05) is 5.88 Å². The lowest BCUT2D eigenvalue weighted by atomic mass is 9.99. The number of aliphatic hydroxyl groups is 2. The highest BCUT2D eigenvalue weighted by Gasteiger charge is 2.32. The SMILES string of the molecule is O=Cc1cc(C(O)C(O)CCl)cc(C(F)(F)F)c1. The van der Waals surface area contributed by atoms with Gasteiger partial charge in [-0.3, -0.25) is 4.79 Å². The van der Waals surface area contributed by atoms with Gasteiger partial charge in [-0.25, -0.2) is 0 Å². The van der Waals surface area contributed by atoms with Gasteiger partial charge >= 0.3 is 6.18 Å². The molecule has 0 aromatic heterocycles. The third-order valence-electron chi connectivity index (χ3n) is 2.31. The van der Waals surface area contributed by atoms with Crippen molar-refractivity contribution in [2.24, 2.45) is 0 Å². The van der Waals surface area contributed by atoms with E-state index in [4.69, 9.17) is 11.6 Å². The molecule has 2 atom stereocenters. The van der Waals surface area contributed by atoms with E-state index in [0.717, 1.165) is 6.07 Å². The van der Waals surface area contributed by atoms with Crippen molar-refractivity contribution in [2.45, 2.75) is 18.4 Å². The van der Waals surface area contributed by atoms with E-state index in [1.54, 1.807) is 0 Å². The van der Waals surface area contributed by atoms with Crippen molar-refractivity contribution < 1.29 is 28.2 Å².